The lowest BCUT2D eigenvalue weighted by molar-refractivity contribution is -0.171. The molecule has 2 aromatic rings. The monoisotopic (exact) mass is 452 g/mol. The first-order valence-electron chi connectivity index (χ1n) is 10.4. The predicted octanol–water partition coefficient (Wildman–Crippen LogP) is 5.76. The molecule has 1 aromatic heterocycles. The Labute approximate surface area is 184 Å². The Hall–Kier alpha value is -2.35. The van der Waals surface area contributed by atoms with Crippen molar-refractivity contribution in [3.05, 3.63) is 51.2 Å². The normalized spacial score (nSPS) is 16.1. The highest BCUT2D eigenvalue weighted by atomic mass is 32.1. The van der Waals surface area contributed by atoms with Gasteiger partial charge in [0.1, 0.15) is 0 Å². The van der Waals surface area contributed by atoms with E-state index in [4.69, 9.17) is 0 Å². The van der Waals surface area contributed by atoms with E-state index >= 15 is 0 Å². The van der Waals surface area contributed by atoms with E-state index in [0.717, 1.165) is 42.5 Å². The molecule has 1 aromatic carbocycles. The van der Waals surface area contributed by atoms with Crippen molar-refractivity contribution in [2.24, 2.45) is 0 Å². The van der Waals surface area contributed by atoms with Gasteiger partial charge in [-0.2, -0.15) is 13.2 Å². The number of benzene rings is 1. The number of rotatable bonds is 5. The quantitative estimate of drug-likeness (QED) is 0.627. The smallest absolute Gasteiger partial charge is 0.351 e. The van der Waals surface area contributed by atoms with Gasteiger partial charge >= 0.3 is 12.1 Å². The van der Waals surface area contributed by atoms with Gasteiger partial charge in [0.05, 0.1) is 0 Å². The van der Waals surface area contributed by atoms with Crippen LogP contribution in [0.15, 0.2) is 30.3 Å². The number of hydrogen-bond acceptors (Lipinski definition) is 3. The van der Waals surface area contributed by atoms with E-state index in [-0.39, 0.29) is 11.7 Å². The molecule has 0 bridgehead atoms. The predicted molar refractivity (Wildman–Crippen MR) is 116 cm³/mol. The molecule has 4 nitrogen and oxygen atoms in total. The SMILES string of the molecule is Cc1ccc(C(C(=O)NC2CCCCC2)N(C(=O)C(F)(F)F)c2cccc(C)c2C)s1. The van der Waals surface area contributed by atoms with Crippen LogP contribution in [0.25, 0.3) is 0 Å². The third-order valence-corrected chi connectivity index (χ3v) is 6.84. The standard InChI is InChI=1S/C23H27F3N2O2S/c1-14-8-7-11-18(16(14)3)28(22(30)23(24,25)26)20(19-13-12-15(2)31-19)21(29)27-17-9-5-4-6-10-17/h7-8,11-13,17,20H,4-6,9-10H2,1-3H3,(H,27,29). The molecule has 1 N–H and O–H groups in total. The molecule has 0 aliphatic heterocycles. The third-order valence-electron chi connectivity index (χ3n) is 5.79. The van der Waals surface area contributed by atoms with Crippen molar-refractivity contribution in [2.45, 2.75) is 71.1 Å². The summed E-state index contributed by atoms with van der Waals surface area (Å²) in [5.74, 6) is -2.62. The zero-order chi connectivity index (χ0) is 22.8. The van der Waals surface area contributed by atoms with Crippen molar-refractivity contribution in [2.75, 3.05) is 4.90 Å². The number of aryl methyl sites for hydroxylation is 2. The van der Waals surface area contributed by atoms with Gasteiger partial charge in [0.25, 0.3) is 0 Å². The van der Waals surface area contributed by atoms with Gasteiger partial charge in [0.15, 0.2) is 6.04 Å². The molecule has 1 unspecified atom stereocenters. The van der Waals surface area contributed by atoms with Crippen LogP contribution in [0.2, 0.25) is 0 Å². The number of carbonyl (C=O) groups excluding carboxylic acids is 2. The van der Waals surface area contributed by atoms with E-state index in [1.165, 1.54) is 17.4 Å². The summed E-state index contributed by atoms with van der Waals surface area (Å²) in [5, 5.41) is 2.92. The van der Waals surface area contributed by atoms with E-state index in [1.807, 2.05) is 6.92 Å². The van der Waals surface area contributed by atoms with Crippen LogP contribution in [0.1, 0.15) is 59.0 Å². The number of anilines is 1. The lowest BCUT2D eigenvalue weighted by atomic mass is 9.95. The van der Waals surface area contributed by atoms with Crippen LogP contribution < -0.4 is 10.2 Å². The van der Waals surface area contributed by atoms with Crippen molar-refractivity contribution in [1.29, 1.82) is 0 Å². The van der Waals surface area contributed by atoms with Crippen molar-refractivity contribution in [1.82, 2.24) is 5.32 Å². The molecule has 1 atom stereocenters. The summed E-state index contributed by atoms with van der Waals surface area (Å²) in [4.78, 5) is 28.0. The first kappa shape index (κ1) is 23.3. The first-order chi connectivity index (χ1) is 14.6. The van der Waals surface area contributed by atoms with Crippen molar-refractivity contribution in [3.63, 3.8) is 0 Å². The molecule has 0 radical (unpaired) electrons. The Balaban J connectivity index is 2.11. The molecule has 1 saturated carbocycles. The highest BCUT2D eigenvalue weighted by molar-refractivity contribution is 7.12. The van der Waals surface area contributed by atoms with E-state index < -0.39 is 24.0 Å². The van der Waals surface area contributed by atoms with Gasteiger partial charge in [-0.05, 0) is 62.9 Å². The lowest BCUT2D eigenvalue weighted by Crippen LogP contribution is -2.50. The van der Waals surface area contributed by atoms with E-state index in [9.17, 15) is 22.8 Å². The highest BCUT2D eigenvalue weighted by Crippen LogP contribution is 2.37. The minimum absolute atomic E-state index is 0.0914. The maximum absolute atomic E-state index is 13.7. The Morgan fingerprint density at radius 3 is 2.32 bits per heavy atom. The molecule has 0 spiro atoms. The molecule has 3 rings (SSSR count). The molecule has 8 heteroatoms. The fourth-order valence-corrected chi connectivity index (χ4v) is 4.97. The molecule has 2 amide bonds. The number of carbonyl (C=O) groups is 2. The second-order valence-corrected chi connectivity index (χ2v) is 9.41. The summed E-state index contributed by atoms with van der Waals surface area (Å²) in [6.07, 6.45) is -0.518. The Kier molecular flexibility index (Phi) is 7.09. The molecule has 1 aliphatic carbocycles. The van der Waals surface area contributed by atoms with Crippen molar-refractivity contribution >= 4 is 28.8 Å². The van der Waals surface area contributed by atoms with Crippen molar-refractivity contribution in [3.8, 4) is 0 Å². The Morgan fingerprint density at radius 1 is 1.06 bits per heavy atom. The maximum Gasteiger partial charge on any atom is 0.471 e. The van der Waals surface area contributed by atoms with Crippen molar-refractivity contribution < 1.29 is 22.8 Å². The Bertz CT molecular complexity index is 949. The molecule has 168 valence electrons. The summed E-state index contributed by atoms with van der Waals surface area (Å²) >= 11 is 1.23. The minimum Gasteiger partial charge on any atom is -0.351 e. The van der Waals surface area contributed by atoms with Crippen LogP contribution in [-0.2, 0) is 9.59 Å². The fourth-order valence-electron chi connectivity index (χ4n) is 4.00. The number of nitrogens with one attached hydrogen (secondary N) is 1. The first-order valence-corrected chi connectivity index (χ1v) is 11.2. The average Bonchev–Trinajstić information content (AvgIpc) is 3.13. The molecule has 31 heavy (non-hydrogen) atoms. The van der Waals surface area contributed by atoms with E-state index in [0.29, 0.717) is 15.3 Å². The minimum atomic E-state index is -5.12. The summed E-state index contributed by atoms with van der Waals surface area (Å²) in [6.45, 7) is 5.25. The van der Waals surface area contributed by atoms with Crippen LogP contribution in [0.3, 0.4) is 0 Å². The largest absolute Gasteiger partial charge is 0.471 e. The second-order valence-electron chi connectivity index (χ2n) is 8.09. The second kappa shape index (κ2) is 9.42. The summed E-state index contributed by atoms with van der Waals surface area (Å²) in [5.41, 5.74) is 1.37. The number of alkyl halides is 3. The number of amides is 2. The average molecular weight is 453 g/mol. The van der Waals surface area contributed by atoms with E-state index in [1.54, 1.807) is 38.1 Å². The molecular formula is C23H27F3N2O2S. The van der Waals surface area contributed by atoms with Gasteiger partial charge in [0, 0.05) is 21.5 Å². The molecular weight excluding hydrogens is 425 g/mol. The van der Waals surface area contributed by atoms with Gasteiger partial charge in [-0.1, -0.05) is 31.4 Å². The summed E-state index contributed by atoms with van der Waals surface area (Å²) in [7, 11) is 0. The van der Waals surface area contributed by atoms with Crippen LogP contribution >= 0.6 is 11.3 Å². The number of hydrogen-bond donors (Lipinski definition) is 1. The lowest BCUT2D eigenvalue weighted by Gasteiger charge is -2.34. The molecule has 0 saturated heterocycles. The van der Waals surface area contributed by atoms with Gasteiger partial charge < -0.3 is 5.32 Å². The summed E-state index contributed by atoms with van der Waals surface area (Å²) < 4.78 is 41.1. The van der Waals surface area contributed by atoms with E-state index in [2.05, 4.69) is 5.32 Å². The zero-order valence-electron chi connectivity index (χ0n) is 17.9. The van der Waals surface area contributed by atoms with Gasteiger partial charge in [-0.3, -0.25) is 14.5 Å². The van der Waals surface area contributed by atoms with Crippen LogP contribution in [-0.4, -0.2) is 24.0 Å². The fraction of sp³-hybridized carbons (Fsp3) is 0.478. The zero-order valence-corrected chi connectivity index (χ0v) is 18.7. The number of nitrogens with zero attached hydrogens (tertiary/aromatic N) is 1. The van der Waals surface area contributed by atoms with Gasteiger partial charge in [0.2, 0.25) is 5.91 Å². The maximum atomic E-state index is 13.7. The van der Waals surface area contributed by atoms with Crippen LogP contribution in [0.4, 0.5) is 18.9 Å². The Morgan fingerprint density at radius 2 is 1.74 bits per heavy atom. The third kappa shape index (κ3) is 5.29. The van der Waals surface area contributed by atoms with Gasteiger partial charge in [-0.15, -0.1) is 11.3 Å². The molecule has 1 aliphatic rings. The highest BCUT2D eigenvalue weighted by Gasteiger charge is 2.48. The number of halogens is 3. The van der Waals surface area contributed by atoms with Crippen LogP contribution in [0.5, 0.6) is 0 Å². The van der Waals surface area contributed by atoms with Crippen LogP contribution in [0, 0.1) is 20.8 Å². The molecule has 1 heterocycles. The summed E-state index contributed by atoms with van der Waals surface area (Å²) in [6, 6.07) is 6.73. The topological polar surface area (TPSA) is 49.4 Å². The molecule has 1 fully saturated rings. The number of thiophene rings is 1. The van der Waals surface area contributed by atoms with Gasteiger partial charge in [-0.25, -0.2) is 0 Å².